The molecule has 0 heterocycles. The predicted molar refractivity (Wildman–Crippen MR) is 196 cm³/mol. The molecule has 10 rings (SSSR count). The third-order valence-electron chi connectivity index (χ3n) is 17.1. The molecule has 0 amide bonds. The van der Waals surface area contributed by atoms with Crippen LogP contribution < -0.4 is 0 Å². The average molecular weight is 724 g/mol. The van der Waals surface area contributed by atoms with Gasteiger partial charge in [-0.05, 0) is 117 Å². The summed E-state index contributed by atoms with van der Waals surface area (Å²) in [4.78, 5) is 17.0. The van der Waals surface area contributed by atoms with Gasteiger partial charge in [-0.3, -0.25) is 9.69 Å². The van der Waals surface area contributed by atoms with Crippen LogP contribution in [0.2, 0.25) is 5.02 Å². The smallest absolute Gasteiger partial charge is 0.164 e. The van der Waals surface area contributed by atoms with E-state index in [4.69, 9.17) is 11.6 Å². The molecule has 51 heavy (non-hydrogen) atoms. The summed E-state index contributed by atoms with van der Waals surface area (Å²) in [7, 11) is 0. The first-order valence-electron chi connectivity index (χ1n) is 19.9. The van der Waals surface area contributed by atoms with Gasteiger partial charge in [0.25, 0.3) is 0 Å². The maximum absolute atomic E-state index is 15.2. The fourth-order valence-electron chi connectivity index (χ4n) is 14.1. The number of aliphatic hydroxyl groups is 4. The molecule has 6 fully saturated rings. The van der Waals surface area contributed by atoms with Crippen LogP contribution in [0.1, 0.15) is 97.5 Å². The molecule has 8 heteroatoms. The van der Waals surface area contributed by atoms with E-state index in [1.165, 1.54) is 18.9 Å². The van der Waals surface area contributed by atoms with Crippen LogP contribution in [-0.2, 0) is 11.2 Å². The molecule has 4 bridgehead atoms. The van der Waals surface area contributed by atoms with Gasteiger partial charge in [0.15, 0.2) is 5.78 Å². The van der Waals surface area contributed by atoms with E-state index < -0.39 is 39.9 Å². The van der Waals surface area contributed by atoms with Crippen molar-refractivity contribution < 1.29 is 29.6 Å². The highest BCUT2D eigenvalue weighted by atomic mass is 35.5. The highest BCUT2D eigenvalue weighted by Crippen LogP contribution is 2.78. The van der Waals surface area contributed by atoms with Crippen LogP contribution in [0.4, 0.5) is 4.39 Å². The maximum Gasteiger partial charge on any atom is 0.164 e. The molecular formula is C43H59ClFNO5. The van der Waals surface area contributed by atoms with Crippen LogP contribution in [-0.4, -0.2) is 75.2 Å². The Labute approximate surface area is 308 Å². The van der Waals surface area contributed by atoms with E-state index in [0.29, 0.717) is 43.2 Å². The van der Waals surface area contributed by atoms with E-state index in [-0.39, 0.29) is 46.6 Å². The van der Waals surface area contributed by atoms with Crippen molar-refractivity contribution in [1.29, 1.82) is 0 Å². The summed E-state index contributed by atoms with van der Waals surface area (Å²) < 4.78 is 15.2. The second-order valence-electron chi connectivity index (χ2n) is 19.3. The summed E-state index contributed by atoms with van der Waals surface area (Å²) >= 11 is 6.49. The van der Waals surface area contributed by atoms with Crippen molar-refractivity contribution in [1.82, 2.24) is 4.90 Å². The second kappa shape index (κ2) is 12.2. The summed E-state index contributed by atoms with van der Waals surface area (Å²) in [6, 6.07) is 4.55. The number of aliphatic hydroxyl groups excluding tert-OH is 3. The summed E-state index contributed by atoms with van der Waals surface area (Å²) in [6.07, 6.45) is 14.1. The predicted octanol–water partition coefficient (Wildman–Crippen LogP) is 6.91. The van der Waals surface area contributed by atoms with Crippen LogP contribution in [0.3, 0.4) is 0 Å². The Hall–Kier alpha value is -1.61. The first-order chi connectivity index (χ1) is 24.0. The Kier molecular flexibility index (Phi) is 8.70. The molecule has 6 nitrogen and oxygen atoms in total. The van der Waals surface area contributed by atoms with Crippen molar-refractivity contribution in [3.05, 3.63) is 58.4 Å². The molecular weight excluding hydrogens is 665 g/mol. The van der Waals surface area contributed by atoms with Crippen LogP contribution >= 0.6 is 11.6 Å². The number of fused-ring (bicyclic) bond motifs is 3. The van der Waals surface area contributed by atoms with Crippen LogP contribution in [0.5, 0.6) is 0 Å². The Morgan fingerprint density at radius 2 is 1.75 bits per heavy atom. The average Bonchev–Trinajstić information content (AvgIpc) is 3.35. The first kappa shape index (κ1) is 36.4. The zero-order chi connectivity index (χ0) is 36.4. The second-order valence-corrected chi connectivity index (χ2v) is 19.7. The fraction of sp³-hybridized carbons (Fsp3) is 0.744. The Morgan fingerprint density at radius 3 is 2.45 bits per heavy atom. The van der Waals surface area contributed by atoms with E-state index >= 15 is 4.39 Å². The number of rotatable bonds is 10. The van der Waals surface area contributed by atoms with Gasteiger partial charge in [-0.15, -0.1) is 0 Å². The normalized spacial score (nSPS) is 45.0. The number of halogens is 2. The van der Waals surface area contributed by atoms with Gasteiger partial charge >= 0.3 is 0 Å². The third-order valence-corrected chi connectivity index (χ3v) is 17.4. The van der Waals surface area contributed by atoms with Gasteiger partial charge in [0.1, 0.15) is 5.82 Å². The van der Waals surface area contributed by atoms with Crippen LogP contribution in [0, 0.1) is 62.5 Å². The molecule has 1 unspecified atom stereocenters. The Bertz CT molecular complexity index is 1620. The zero-order valence-electron chi connectivity index (χ0n) is 31.0. The van der Waals surface area contributed by atoms with Crippen molar-refractivity contribution in [3.8, 4) is 0 Å². The zero-order valence-corrected chi connectivity index (χ0v) is 31.8. The number of carbonyl (C=O) groups excluding carboxylic acids is 1. The van der Waals surface area contributed by atoms with E-state index in [0.717, 1.165) is 56.6 Å². The lowest BCUT2D eigenvalue weighted by atomic mass is 9.32. The van der Waals surface area contributed by atoms with E-state index in [1.807, 2.05) is 0 Å². The number of hydrogen-bond donors (Lipinski definition) is 4. The van der Waals surface area contributed by atoms with Gasteiger partial charge in [0.2, 0.25) is 0 Å². The number of carbonyl (C=O) groups is 1. The van der Waals surface area contributed by atoms with E-state index in [9.17, 15) is 25.2 Å². The minimum Gasteiger partial charge on any atom is -0.394 e. The topological polar surface area (TPSA) is 101 Å². The molecule has 9 aliphatic carbocycles. The monoisotopic (exact) mass is 723 g/mol. The quantitative estimate of drug-likeness (QED) is 0.196. The molecule has 1 aromatic rings. The molecule has 4 N–H and O–H groups in total. The highest BCUT2D eigenvalue weighted by molar-refractivity contribution is 6.31. The molecule has 9 aliphatic rings. The van der Waals surface area contributed by atoms with Crippen molar-refractivity contribution in [3.63, 3.8) is 0 Å². The number of benzene rings is 1. The largest absolute Gasteiger partial charge is 0.394 e. The molecule has 0 aromatic heterocycles. The molecule has 0 saturated heterocycles. The van der Waals surface area contributed by atoms with Gasteiger partial charge in [-0.2, -0.15) is 0 Å². The minimum absolute atomic E-state index is 0.0242. The van der Waals surface area contributed by atoms with Gasteiger partial charge in [0.05, 0.1) is 24.4 Å². The number of allylic oxidation sites excluding steroid dienone is 4. The number of hydrogen-bond acceptors (Lipinski definition) is 6. The lowest BCUT2D eigenvalue weighted by molar-refractivity contribution is -0.181. The first-order valence-corrected chi connectivity index (χ1v) is 20.2. The molecule has 280 valence electrons. The molecule has 6 saturated carbocycles. The van der Waals surface area contributed by atoms with Crippen LogP contribution in [0.25, 0.3) is 0 Å². The number of Topliss-reactive ketones (excluding diaryl/α,β-unsaturated/α-hetero) is 1. The van der Waals surface area contributed by atoms with Crippen molar-refractivity contribution in [2.45, 2.75) is 116 Å². The van der Waals surface area contributed by atoms with Gasteiger partial charge in [0, 0.05) is 58.5 Å². The lowest BCUT2D eigenvalue weighted by Gasteiger charge is -2.71. The third kappa shape index (κ3) is 5.06. The van der Waals surface area contributed by atoms with E-state index in [2.05, 4.69) is 50.8 Å². The lowest BCUT2D eigenvalue weighted by Crippen LogP contribution is -2.67. The maximum atomic E-state index is 15.2. The summed E-state index contributed by atoms with van der Waals surface area (Å²) in [6.45, 7) is 10.6. The molecule has 0 radical (unpaired) electrons. The Morgan fingerprint density at radius 1 is 1.02 bits per heavy atom. The highest BCUT2D eigenvalue weighted by Gasteiger charge is 2.74. The van der Waals surface area contributed by atoms with Gasteiger partial charge in [-0.1, -0.05) is 63.6 Å². The van der Waals surface area contributed by atoms with Crippen molar-refractivity contribution in [2.24, 2.45) is 56.7 Å². The van der Waals surface area contributed by atoms with Gasteiger partial charge < -0.3 is 20.4 Å². The van der Waals surface area contributed by atoms with Crippen molar-refractivity contribution >= 4 is 17.4 Å². The summed E-state index contributed by atoms with van der Waals surface area (Å²) in [5.74, 6) is 1.43. The molecule has 2 spiro atoms. The van der Waals surface area contributed by atoms with E-state index in [1.54, 1.807) is 12.1 Å². The van der Waals surface area contributed by atoms with Gasteiger partial charge in [-0.25, -0.2) is 4.39 Å². The standard InChI is InChI=1S/C43H59ClFNO5/c1-38(2)27-9-8-26(31(38)18-27)22-46(23-29(49)24-47)25-42(51)15-12-37-40(42,4)14-11-36-39(3)13-10-28(48)20-41(39)16-17-43(36,37)32(21-41)35(50)19-30-33(44)6-5-7-34(30)45/h5-7,16-17,21,26-29,31,36-37,47-49,51H,8-15,18-20,22-25H2,1-4H3/t26-,27-,28?,29-,31-,36+,37+,39+,40-,41-,42+,43+/m0/s1. The molecule has 12 atom stereocenters. The SMILES string of the molecule is CC1(C)[C@H]2CC[C@@H](CN(C[C@H](O)CO)C[C@]3(O)CC[C@H]4[C@]56C=C[C@@]7(C=C5C(=O)Cc5c(F)cccc5Cl)CC(O)CC[C@]7(C)[C@H]6CC[C@@]43C)[C@@H]1C2. The minimum atomic E-state index is -1.06. The molecule has 1 aromatic carbocycles. The van der Waals surface area contributed by atoms with Crippen LogP contribution in [0.15, 0.2) is 42.0 Å². The molecule has 0 aliphatic heterocycles. The number of nitrogens with zero attached hydrogens (tertiary/aromatic N) is 1. The Balaban J connectivity index is 1.16. The summed E-state index contributed by atoms with van der Waals surface area (Å²) in [5, 5.41) is 45.0. The summed E-state index contributed by atoms with van der Waals surface area (Å²) in [5.41, 5.74) is -1.59. The number of ketones is 1. The fourth-order valence-corrected chi connectivity index (χ4v) is 14.3. The van der Waals surface area contributed by atoms with Crippen molar-refractivity contribution in [2.75, 3.05) is 26.2 Å².